The number of methoxy groups -OCH3 is 1. The van der Waals surface area contributed by atoms with E-state index in [0.29, 0.717) is 29.7 Å². The summed E-state index contributed by atoms with van der Waals surface area (Å²) >= 11 is 13.2. The van der Waals surface area contributed by atoms with Crippen LogP contribution in [0.25, 0.3) is 11.3 Å². The summed E-state index contributed by atoms with van der Waals surface area (Å²) in [5.41, 5.74) is 1.70. The van der Waals surface area contributed by atoms with Gasteiger partial charge in [-0.25, -0.2) is 4.79 Å². The summed E-state index contributed by atoms with van der Waals surface area (Å²) in [6.45, 7) is 7.42. The molecule has 6 nitrogen and oxygen atoms in total. The zero-order chi connectivity index (χ0) is 24.0. The minimum absolute atomic E-state index is 0.00964. The first-order valence-electron chi connectivity index (χ1n) is 11.2. The Bertz CT molecular complexity index is 1150. The van der Waals surface area contributed by atoms with Crippen molar-refractivity contribution in [3.05, 3.63) is 49.7 Å². The standard InChI is InChI=1S/C25H29Cl2NO5/c1-5-32-23(30)17-12-28-21(20(27)22(17)29)16-10-18(26)19(33-8-6-7-31-4)9-15(16)11-25(28)13-24(2,3)14-25/h9-10,12H,5-8,11,13-14H2,1-4H3. The van der Waals surface area contributed by atoms with Crippen LogP contribution in [0.15, 0.2) is 23.1 Å². The molecular weight excluding hydrogens is 465 g/mol. The second kappa shape index (κ2) is 8.97. The number of hydrogen-bond acceptors (Lipinski definition) is 5. The molecule has 0 unspecified atom stereocenters. The number of nitrogens with zero attached hydrogens (tertiary/aromatic N) is 1. The molecule has 4 rings (SSSR count). The molecule has 0 saturated heterocycles. The number of carbonyl (C=O) groups excluding carboxylic acids is 1. The van der Waals surface area contributed by atoms with Gasteiger partial charge < -0.3 is 18.8 Å². The zero-order valence-electron chi connectivity index (χ0n) is 19.4. The van der Waals surface area contributed by atoms with E-state index in [1.807, 2.05) is 10.6 Å². The molecule has 1 aliphatic heterocycles. The van der Waals surface area contributed by atoms with Crippen LogP contribution in [0.2, 0.25) is 10.0 Å². The van der Waals surface area contributed by atoms with Gasteiger partial charge in [-0.05, 0) is 49.3 Å². The molecule has 8 heteroatoms. The molecule has 0 N–H and O–H groups in total. The largest absolute Gasteiger partial charge is 0.492 e. The lowest BCUT2D eigenvalue weighted by atomic mass is 9.56. The average molecular weight is 494 g/mol. The number of rotatable bonds is 7. The number of fused-ring (bicyclic) bond motifs is 4. The van der Waals surface area contributed by atoms with Crippen LogP contribution < -0.4 is 10.2 Å². The summed E-state index contributed by atoms with van der Waals surface area (Å²) in [6.07, 6.45) is 4.89. The van der Waals surface area contributed by atoms with Gasteiger partial charge in [-0.1, -0.05) is 37.0 Å². The van der Waals surface area contributed by atoms with Crippen LogP contribution in [0.3, 0.4) is 0 Å². The molecule has 178 valence electrons. The van der Waals surface area contributed by atoms with Crippen LogP contribution in [-0.2, 0) is 21.4 Å². The number of benzene rings is 1. The highest BCUT2D eigenvalue weighted by molar-refractivity contribution is 6.34. The second-order valence-electron chi connectivity index (χ2n) is 9.68. The average Bonchev–Trinajstić information content (AvgIpc) is 2.73. The molecule has 0 atom stereocenters. The highest BCUT2D eigenvalue weighted by Gasteiger charge is 2.53. The SMILES string of the molecule is CCOC(=O)c1cn2c(c(Cl)c1=O)-c1cc(Cl)c(OCCCOC)cc1CC21CC(C)(C)C1. The van der Waals surface area contributed by atoms with E-state index in [9.17, 15) is 9.59 Å². The van der Waals surface area contributed by atoms with Gasteiger partial charge in [0.2, 0.25) is 5.43 Å². The van der Waals surface area contributed by atoms with Crippen molar-refractivity contribution >= 4 is 29.2 Å². The summed E-state index contributed by atoms with van der Waals surface area (Å²) in [6, 6.07) is 3.77. The van der Waals surface area contributed by atoms with Crippen molar-refractivity contribution in [3.8, 4) is 17.0 Å². The fraction of sp³-hybridized carbons (Fsp3) is 0.520. The van der Waals surface area contributed by atoms with E-state index in [2.05, 4.69) is 13.8 Å². The van der Waals surface area contributed by atoms with Crippen LogP contribution in [-0.4, -0.2) is 37.5 Å². The number of carbonyl (C=O) groups is 1. The Kier molecular flexibility index (Phi) is 6.56. The molecule has 1 aromatic heterocycles. The van der Waals surface area contributed by atoms with Crippen molar-refractivity contribution in [3.63, 3.8) is 0 Å². The smallest absolute Gasteiger partial charge is 0.343 e. The minimum Gasteiger partial charge on any atom is -0.492 e. The van der Waals surface area contributed by atoms with Gasteiger partial charge in [0.05, 0.1) is 23.9 Å². The van der Waals surface area contributed by atoms with Crippen molar-refractivity contribution in [2.45, 2.75) is 52.0 Å². The van der Waals surface area contributed by atoms with Crippen LogP contribution in [0.4, 0.5) is 0 Å². The summed E-state index contributed by atoms with van der Waals surface area (Å²) < 4.78 is 18.1. The number of esters is 1. The summed E-state index contributed by atoms with van der Waals surface area (Å²) in [7, 11) is 1.65. The highest BCUT2D eigenvalue weighted by Crippen LogP contribution is 2.58. The first-order valence-corrected chi connectivity index (χ1v) is 12.0. The maximum absolute atomic E-state index is 13.1. The maximum atomic E-state index is 13.1. The first-order chi connectivity index (χ1) is 15.6. The first kappa shape index (κ1) is 24.1. The van der Waals surface area contributed by atoms with Crippen molar-refractivity contribution < 1.29 is 19.0 Å². The monoisotopic (exact) mass is 493 g/mol. The maximum Gasteiger partial charge on any atom is 0.343 e. The van der Waals surface area contributed by atoms with Gasteiger partial charge in [-0.3, -0.25) is 4.79 Å². The van der Waals surface area contributed by atoms with E-state index in [1.165, 1.54) is 0 Å². The van der Waals surface area contributed by atoms with E-state index in [4.69, 9.17) is 37.4 Å². The fourth-order valence-corrected chi connectivity index (χ4v) is 6.00. The lowest BCUT2D eigenvalue weighted by molar-refractivity contribution is -0.00261. The summed E-state index contributed by atoms with van der Waals surface area (Å²) in [5, 5.41) is 0.455. The number of hydrogen-bond donors (Lipinski definition) is 0. The molecule has 2 aliphatic rings. The Morgan fingerprint density at radius 2 is 1.91 bits per heavy atom. The molecule has 0 amide bonds. The Morgan fingerprint density at radius 3 is 2.55 bits per heavy atom. The molecule has 33 heavy (non-hydrogen) atoms. The molecular formula is C25H29Cl2NO5. The van der Waals surface area contributed by atoms with Gasteiger partial charge in [-0.15, -0.1) is 0 Å². The van der Waals surface area contributed by atoms with Gasteiger partial charge in [0.15, 0.2) is 0 Å². The van der Waals surface area contributed by atoms with Crippen LogP contribution in [0.5, 0.6) is 5.75 Å². The normalized spacial score (nSPS) is 17.2. The van der Waals surface area contributed by atoms with Crippen LogP contribution >= 0.6 is 23.2 Å². The molecule has 0 bridgehead atoms. The number of ether oxygens (including phenoxy) is 3. The molecule has 1 fully saturated rings. The Balaban J connectivity index is 1.85. The van der Waals surface area contributed by atoms with E-state index >= 15 is 0 Å². The Morgan fingerprint density at radius 1 is 1.18 bits per heavy atom. The quantitative estimate of drug-likeness (QED) is 0.377. The van der Waals surface area contributed by atoms with Gasteiger partial charge in [0, 0.05) is 37.4 Å². The zero-order valence-corrected chi connectivity index (χ0v) is 20.9. The van der Waals surface area contributed by atoms with Gasteiger partial charge >= 0.3 is 5.97 Å². The Hall–Kier alpha value is -2.02. The predicted octanol–water partition coefficient (Wildman–Crippen LogP) is 5.49. The van der Waals surface area contributed by atoms with E-state index in [-0.39, 0.29) is 28.1 Å². The van der Waals surface area contributed by atoms with Crippen LogP contribution in [0, 0.1) is 5.41 Å². The molecule has 1 spiro atoms. The molecule has 0 radical (unpaired) electrons. The number of aromatic nitrogens is 1. The topological polar surface area (TPSA) is 66.8 Å². The summed E-state index contributed by atoms with van der Waals surface area (Å²) in [4.78, 5) is 25.5. The third-order valence-corrected chi connectivity index (χ3v) is 7.10. The Labute approximate surface area is 203 Å². The third kappa shape index (κ3) is 4.29. The lowest BCUT2D eigenvalue weighted by Gasteiger charge is -2.57. The van der Waals surface area contributed by atoms with E-state index in [0.717, 1.165) is 36.8 Å². The molecule has 2 aromatic rings. The predicted molar refractivity (Wildman–Crippen MR) is 129 cm³/mol. The summed E-state index contributed by atoms with van der Waals surface area (Å²) in [5.74, 6) is -0.0487. The minimum atomic E-state index is -0.655. The lowest BCUT2D eigenvalue weighted by Crippen LogP contribution is -2.54. The van der Waals surface area contributed by atoms with Crippen molar-refractivity contribution in [1.82, 2.24) is 4.57 Å². The molecule has 1 saturated carbocycles. The van der Waals surface area contributed by atoms with Crippen LogP contribution in [0.1, 0.15) is 56.0 Å². The van der Waals surface area contributed by atoms with Crippen molar-refractivity contribution in [2.24, 2.45) is 5.41 Å². The number of pyridine rings is 1. The fourth-order valence-electron chi connectivity index (χ4n) is 5.48. The van der Waals surface area contributed by atoms with Crippen molar-refractivity contribution in [2.75, 3.05) is 26.9 Å². The van der Waals surface area contributed by atoms with Gasteiger partial charge in [0.25, 0.3) is 0 Å². The number of halogens is 2. The molecule has 2 heterocycles. The van der Waals surface area contributed by atoms with Crippen molar-refractivity contribution in [1.29, 1.82) is 0 Å². The second-order valence-corrected chi connectivity index (χ2v) is 10.5. The van der Waals surface area contributed by atoms with E-state index in [1.54, 1.807) is 26.3 Å². The highest BCUT2D eigenvalue weighted by atomic mass is 35.5. The van der Waals surface area contributed by atoms with E-state index < -0.39 is 11.4 Å². The third-order valence-electron chi connectivity index (χ3n) is 6.46. The molecule has 1 aromatic carbocycles. The van der Waals surface area contributed by atoms with Gasteiger partial charge in [0.1, 0.15) is 16.3 Å². The molecule has 1 aliphatic carbocycles. The van der Waals surface area contributed by atoms with Gasteiger partial charge in [-0.2, -0.15) is 0 Å².